The first-order valence-corrected chi connectivity index (χ1v) is 6.69. The van der Waals surface area contributed by atoms with Crippen LogP contribution in [-0.2, 0) is 0 Å². The Morgan fingerprint density at radius 2 is 2.00 bits per heavy atom. The van der Waals surface area contributed by atoms with Crippen LogP contribution >= 0.6 is 0 Å². The molecule has 1 unspecified atom stereocenters. The topological polar surface area (TPSA) is 73.7 Å². The number of aromatic nitrogens is 1. The third-order valence-electron chi connectivity index (χ3n) is 3.49. The maximum atomic E-state index is 12.5. The molecule has 20 heavy (non-hydrogen) atoms. The largest absolute Gasteiger partial charge is 0.477 e. The molecule has 1 amide bonds. The second-order valence-corrected chi connectivity index (χ2v) is 5.18. The molecule has 108 valence electrons. The van der Waals surface area contributed by atoms with Crippen molar-refractivity contribution >= 4 is 11.9 Å². The normalized spacial score (nSPS) is 20.5. The average Bonchev–Trinajstić information content (AvgIpc) is 2.58. The molecule has 1 aromatic rings. The first-order chi connectivity index (χ1) is 9.49. The van der Waals surface area contributed by atoms with Crippen LogP contribution in [-0.4, -0.2) is 64.5 Å². The van der Waals surface area contributed by atoms with E-state index < -0.39 is 5.97 Å². The summed E-state index contributed by atoms with van der Waals surface area (Å²) in [4.78, 5) is 31.3. The van der Waals surface area contributed by atoms with Crippen molar-refractivity contribution in [3.05, 3.63) is 29.6 Å². The Morgan fingerprint density at radius 1 is 1.30 bits per heavy atom. The van der Waals surface area contributed by atoms with Crippen LogP contribution in [0.3, 0.4) is 0 Å². The zero-order valence-electron chi connectivity index (χ0n) is 11.7. The predicted octanol–water partition coefficient (Wildman–Crippen LogP) is 0.946. The van der Waals surface area contributed by atoms with Gasteiger partial charge in [-0.2, -0.15) is 0 Å². The van der Waals surface area contributed by atoms with E-state index in [9.17, 15) is 9.59 Å². The standard InChI is InChI=1S/C14H19N3O3/c1-10-9-16(2)7-4-8-17(10)13(18)11-5-3-6-12(15-11)14(19)20/h3,5-6,10H,4,7-9H2,1-2H3,(H,19,20). The monoisotopic (exact) mass is 277 g/mol. The SMILES string of the molecule is CC1CN(C)CCCN1C(=O)c1cccc(C(=O)O)n1. The van der Waals surface area contributed by atoms with E-state index in [-0.39, 0.29) is 23.3 Å². The molecule has 0 aromatic carbocycles. The Hall–Kier alpha value is -1.95. The average molecular weight is 277 g/mol. The van der Waals surface area contributed by atoms with Crippen molar-refractivity contribution < 1.29 is 14.7 Å². The summed E-state index contributed by atoms with van der Waals surface area (Å²) in [5.41, 5.74) is 0.0942. The van der Waals surface area contributed by atoms with Gasteiger partial charge in [-0.25, -0.2) is 9.78 Å². The molecule has 0 saturated carbocycles. The predicted molar refractivity (Wildman–Crippen MR) is 73.8 cm³/mol. The minimum Gasteiger partial charge on any atom is -0.477 e. The highest BCUT2D eigenvalue weighted by atomic mass is 16.4. The number of hydrogen-bond donors (Lipinski definition) is 1. The van der Waals surface area contributed by atoms with E-state index in [1.165, 1.54) is 6.07 Å². The number of carboxylic acids is 1. The van der Waals surface area contributed by atoms with Gasteiger partial charge >= 0.3 is 5.97 Å². The van der Waals surface area contributed by atoms with E-state index in [2.05, 4.69) is 9.88 Å². The maximum absolute atomic E-state index is 12.5. The fraction of sp³-hybridized carbons (Fsp3) is 0.500. The molecule has 1 fully saturated rings. The van der Waals surface area contributed by atoms with E-state index >= 15 is 0 Å². The summed E-state index contributed by atoms with van der Waals surface area (Å²) < 4.78 is 0. The summed E-state index contributed by atoms with van der Waals surface area (Å²) in [7, 11) is 2.04. The van der Waals surface area contributed by atoms with E-state index in [1.807, 2.05) is 14.0 Å². The second kappa shape index (κ2) is 6.00. The van der Waals surface area contributed by atoms with Crippen LogP contribution in [0.25, 0.3) is 0 Å². The van der Waals surface area contributed by atoms with Crippen molar-refractivity contribution in [2.45, 2.75) is 19.4 Å². The van der Waals surface area contributed by atoms with Gasteiger partial charge < -0.3 is 14.9 Å². The minimum absolute atomic E-state index is 0.0882. The lowest BCUT2D eigenvalue weighted by atomic mass is 10.2. The zero-order chi connectivity index (χ0) is 14.7. The highest BCUT2D eigenvalue weighted by molar-refractivity contribution is 5.94. The molecule has 6 heteroatoms. The summed E-state index contributed by atoms with van der Waals surface area (Å²) in [6.07, 6.45) is 0.908. The number of rotatable bonds is 2. The Balaban J connectivity index is 2.21. The van der Waals surface area contributed by atoms with E-state index in [1.54, 1.807) is 17.0 Å². The van der Waals surface area contributed by atoms with Gasteiger partial charge in [0.15, 0.2) is 0 Å². The van der Waals surface area contributed by atoms with Crippen LogP contribution in [0, 0.1) is 0 Å². The van der Waals surface area contributed by atoms with E-state index in [0.717, 1.165) is 19.5 Å². The van der Waals surface area contributed by atoms with Gasteiger partial charge in [-0.05, 0) is 39.1 Å². The fourth-order valence-corrected chi connectivity index (χ4v) is 2.49. The third-order valence-corrected chi connectivity index (χ3v) is 3.49. The van der Waals surface area contributed by atoms with Crippen molar-refractivity contribution in [1.29, 1.82) is 0 Å². The van der Waals surface area contributed by atoms with Crippen LogP contribution < -0.4 is 0 Å². The number of carbonyl (C=O) groups is 2. The Kier molecular flexibility index (Phi) is 4.34. The molecular formula is C14H19N3O3. The number of carboxylic acid groups (broad SMARTS) is 1. The molecule has 1 saturated heterocycles. The number of likely N-dealkylation sites (N-methyl/N-ethyl adjacent to an activating group) is 1. The van der Waals surface area contributed by atoms with Gasteiger partial charge in [-0.3, -0.25) is 4.79 Å². The van der Waals surface area contributed by atoms with Gasteiger partial charge in [-0.1, -0.05) is 6.07 Å². The quantitative estimate of drug-likeness (QED) is 0.871. The highest BCUT2D eigenvalue weighted by Crippen LogP contribution is 2.12. The Labute approximate surface area is 118 Å². The molecule has 1 aliphatic rings. The molecule has 1 N–H and O–H groups in total. The number of carbonyl (C=O) groups excluding carboxylic acids is 1. The van der Waals surface area contributed by atoms with Crippen molar-refractivity contribution in [2.24, 2.45) is 0 Å². The molecular weight excluding hydrogens is 258 g/mol. The van der Waals surface area contributed by atoms with Gasteiger partial charge in [-0.15, -0.1) is 0 Å². The zero-order valence-corrected chi connectivity index (χ0v) is 11.7. The van der Waals surface area contributed by atoms with Crippen molar-refractivity contribution in [2.75, 3.05) is 26.7 Å². The van der Waals surface area contributed by atoms with E-state index in [0.29, 0.717) is 6.54 Å². The summed E-state index contributed by atoms with van der Waals surface area (Å²) in [6.45, 7) is 4.44. The molecule has 1 aromatic heterocycles. The minimum atomic E-state index is -1.12. The highest BCUT2D eigenvalue weighted by Gasteiger charge is 2.26. The first-order valence-electron chi connectivity index (χ1n) is 6.69. The Morgan fingerprint density at radius 3 is 2.70 bits per heavy atom. The van der Waals surface area contributed by atoms with E-state index in [4.69, 9.17) is 5.11 Å². The maximum Gasteiger partial charge on any atom is 0.354 e. The molecule has 1 atom stereocenters. The number of amides is 1. The molecule has 0 radical (unpaired) electrons. The molecule has 1 aliphatic heterocycles. The number of nitrogens with zero attached hydrogens (tertiary/aromatic N) is 3. The number of aromatic carboxylic acids is 1. The van der Waals surface area contributed by atoms with Crippen molar-refractivity contribution in [3.63, 3.8) is 0 Å². The van der Waals surface area contributed by atoms with Gasteiger partial charge in [0.25, 0.3) is 5.91 Å². The summed E-state index contributed by atoms with van der Waals surface area (Å²) in [6, 6.07) is 4.60. The van der Waals surface area contributed by atoms with Gasteiger partial charge in [0, 0.05) is 19.1 Å². The van der Waals surface area contributed by atoms with Gasteiger partial charge in [0.05, 0.1) is 0 Å². The smallest absolute Gasteiger partial charge is 0.354 e. The van der Waals surface area contributed by atoms with Crippen LogP contribution in [0.15, 0.2) is 18.2 Å². The second-order valence-electron chi connectivity index (χ2n) is 5.18. The lowest BCUT2D eigenvalue weighted by Crippen LogP contribution is -2.42. The molecule has 0 spiro atoms. The first kappa shape index (κ1) is 14.5. The van der Waals surface area contributed by atoms with Gasteiger partial charge in [0.2, 0.25) is 0 Å². The van der Waals surface area contributed by atoms with Crippen molar-refractivity contribution in [1.82, 2.24) is 14.8 Å². The lowest BCUT2D eigenvalue weighted by Gasteiger charge is -2.27. The summed E-state index contributed by atoms with van der Waals surface area (Å²) in [5, 5.41) is 8.94. The fourth-order valence-electron chi connectivity index (χ4n) is 2.49. The molecule has 0 bridgehead atoms. The third kappa shape index (κ3) is 3.14. The van der Waals surface area contributed by atoms with Crippen molar-refractivity contribution in [3.8, 4) is 0 Å². The van der Waals surface area contributed by atoms with Crippen LogP contribution in [0.4, 0.5) is 0 Å². The molecule has 0 aliphatic carbocycles. The molecule has 2 rings (SSSR count). The van der Waals surface area contributed by atoms with Gasteiger partial charge in [0.1, 0.15) is 11.4 Å². The molecule has 6 nitrogen and oxygen atoms in total. The van der Waals surface area contributed by atoms with Crippen LogP contribution in [0.1, 0.15) is 34.3 Å². The number of hydrogen-bond acceptors (Lipinski definition) is 4. The van der Waals surface area contributed by atoms with Crippen LogP contribution in [0.2, 0.25) is 0 Å². The van der Waals surface area contributed by atoms with Crippen LogP contribution in [0.5, 0.6) is 0 Å². The summed E-state index contributed by atoms with van der Waals surface area (Å²) >= 11 is 0. The lowest BCUT2D eigenvalue weighted by molar-refractivity contribution is 0.0684. The summed E-state index contributed by atoms with van der Waals surface area (Å²) in [5.74, 6) is -1.32. The molecule has 2 heterocycles. The Bertz CT molecular complexity index is 518. The number of pyridine rings is 1.